The molecule has 3 heterocycles. The summed E-state index contributed by atoms with van der Waals surface area (Å²) in [5.74, 6) is 2.18. The summed E-state index contributed by atoms with van der Waals surface area (Å²) in [7, 11) is 0. The Kier molecular flexibility index (Phi) is 6.36. The SMILES string of the molecule is [C-]#[N+]c1cc(Oc2ccc3c4ccccc4n(-c4cc(C(C)(C)C)ccn4)c3c2)cc(N2C=CN(c3ccccc3)C2)c1. The average Bonchev–Trinajstić information content (AvgIpc) is 3.64. The highest BCUT2D eigenvalue weighted by molar-refractivity contribution is 6.09. The van der Waals surface area contributed by atoms with Crippen LogP contribution in [0, 0.1) is 6.57 Å². The summed E-state index contributed by atoms with van der Waals surface area (Å²) in [5, 5.41) is 2.29. The number of hydrogen-bond acceptors (Lipinski definition) is 4. The van der Waals surface area contributed by atoms with Crippen LogP contribution in [0.15, 0.2) is 122 Å². The van der Waals surface area contributed by atoms with Crippen LogP contribution >= 0.6 is 0 Å². The molecule has 0 radical (unpaired) electrons. The zero-order valence-electron chi connectivity index (χ0n) is 24.4. The molecule has 43 heavy (non-hydrogen) atoms. The summed E-state index contributed by atoms with van der Waals surface area (Å²) < 4.78 is 8.67. The third kappa shape index (κ3) is 4.96. The van der Waals surface area contributed by atoms with Gasteiger partial charge >= 0.3 is 0 Å². The predicted molar refractivity (Wildman–Crippen MR) is 175 cm³/mol. The minimum absolute atomic E-state index is 0.000988. The molecular weight excluding hydrogens is 530 g/mol. The fourth-order valence-electron chi connectivity index (χ4n) is 5.64. The Hall–Kier alpha value is -5.54. The minimum Gasteiger partial charge on any atom is -0.459 e. The Bertz CT molecular complexity index is 2050. The molecule has 0 aliphatic carbocycles. The molecule has 0 spiro atoms. The van der Waals surface area contributed by atoms with Gasteiger partial charge in [-0.05, 0) is 65.6 Å². The number of nitrogens with zero attached hydrogens (tertiary/aromatic N) is 5. The fraction of sp³-hybridized carbons (Fsp3) is 0.135. The van der Waals surface area contributed by atoms with Gasteiger partial charge in [-0.2, -0.15) is 0 Å². The lowest BCUT2D eigenvalue weighted by molar-refractivity contribution is 0.483. The molecule has 1 aliphatic rings. The summed E-state index contributed by atoms with van der Waals surface area (Å²) in [6.45, 7) is 15.0. The van der Waals surface area contributed by atoms with E-state index >= 15 is 0 Å². The Morgan fingerprint density at radius 2 is 1.47 bits per heavy atom. The summed E-state index contributed by atoms with van der Waals surface area (Å²) in [6, 6.07) is 34.8. The zero-order valence-corrected chi connectivity index (χ0v) is 24.4. The maximum absolute atomic E-state index is 7.73. The normalized spacial score (nSPS) is 13.2. The molecule has 6 heteroatoms. The molecule has 0 amide bonds. The minimum atomic E-state index is -0.000988. The lowest BCUT2D eigenvalue weighted by Gasteiger charge is -2.22. The van der Waals surface area contributed by atoms with E-state index in [4.69, 9.17) is 16.3 Å². The van der Waals surface area contributed by atoms with E-state index in [1.54, 1.807) is 6.07 Å². The summed E-state index contributed by atoms with van der Waals surface area (Å²) in [4.78, 5) is 12.8. The summed E-state index contributed by atoms with van der Waals surface area (Å²) >= 11 is 0. The molecule has 1 aliphatic heterocycles. The first-order valence-corrected chi connectivity index (χ1v) is 14.3. The van der Waals surface area contributed by atoms with Gasteiger partial charge in [-0.1, -0.05) is 57.2 Å². The van der Waals surface area contributed by atoms with Crippen molar-refractivity contribution in [2.45, 2.75) is 26.2 Å². The molecular formula is C37H31N5O. The number of hydrogen-bond donors (Lipinski definition) is 0. The lowest BCUT2D eigenvalue weighted by Crippen LogP contribution is -2.24. The van der Waals surface area contributed by atoms with Gasteiger partial charge in [0.1, 0.15) is 17.3 Å². The van der Waals surface area contributed by atoms with Crippen molar-refractivity contribution < 1.29 is 4.74 Å². The first-order chi connectivity index (χ1) is 20.9. The van der Waals surface area contributed by atoms with Crippen LogP contribution in [0.4, 0.5) is 17.1 Å². The van der Waals surface area contributed by atoms with Gasteiger partial charge in [-0.3, -0.25) is 4.57 Å². The summed E-state index contributed by atoms with van der Waals surface area (Å²) in [5.41, 5.74) is 5.87. The highest BCUT2D eigenvalue weighted by Crippen LogP contribution is 2.38. The van der Waals surface area contributed by atoms with Crippen molar-refractivity contribution in [3.8, 4) is 17.3 Å². The van der Waals surface area contributed by atoms with Gasteiger partial charge in [0.25, 0.3) is 0 Å². The van der Waals surface area contributed by atoms with Gasteiger partial charge in [-0.15, -0.1) is 0 Å². The molecule has 0 bridgehead atoms. The van der Waals surface area contributed by atoms with Crippen LogP contribution in [0.3, 0.4) is 0 Å². The lowest BCUT2D eigenvalue weighted by atomic mass is 9.88. The largest absolute Gasteiger partial charge is 0.459 e. The Labute approximate surface area is 251 Å². The van der Waals surface area contributed by atoms with E-state index in [1.807, 2.05) is 48.8 Å². The van der Waals surface area contributed by atoms with E-state index in [0.717, 1.165) is 39.0 Å². The van der Waals surface area contributed by atoms with Crippen LogP contribution in [-0.4, -0.2) is 16.2 Å². The van der Waals surface area contributed by atoms with Crippen LogP contribution < -0.4 is 14.5 Å². The molecule has 6 nitrogen and oxygen atoms in total. The first-order valence-electron chi connectivity index (χ1n) is 14.3. The average molecular weight is 562 g/mol. The van der Waals surface area contributed by atoms with Gasteiger partial charge in [-0.25, -0.2) is 9.83 Å². The van der Waals surface area contributed by atoms with Gasteiger partial charge in [0.15, 0.2) is 5.69 Å². The topological polar surface area (TPSA) is 37.9 Å². The number of aromatic nitrogens is 2. The number of pyridine rings is 1. The molecule has 0 unspecified atom stereocenters. The van der Waals surface area contributed by atoms with Crippen LogP contribution in [0.5, 0.6) is 11.5 Å². The van der Waals surface area contributed by atoms with Crippen molar-refractivity contribution in [1.82, 2.24) is 9.55 Å². The van der Waals surface area contributed by atoms with Crippen LogP contribution in [0.1, 0.15) is 26.3 Å². The van der Waals surface area contributed by atoms with Gasteiger partial charge in [0, 0.05) is 52.9 Å². The fourth-order valence-corrected chi connectivity index (χ4v) is 5.64. The second-order valence-corrected chi connectivity index (χ2v) is 11.8. The quantitative estimate of drug-likeness (QED) is 0.196. The maximum atomic E-state index is 7.73. The third-order valence-electron chi connectivity index (χ3n) is 7.88. The van der Waals surface area contributed by atoms with E-state index < -0.39 is 0 Å². The number of para-hydroxylation sites is 2. The van der Waals surface area contributed by atoms with Crippen molar-refractivity contribution >= 4 is 38.9 Å². The van der Waals surface area contributed by atoms with Gasteiger partial charge < -0.3 is 14.5 Å². The number of benzene rings is 4. The molecule has 210 valence electrons. The Morgan fingerprint density at radius 1 is 0.721 bits per heavy atom. The monoisotopic (exact) mass is 561 g/mol. The number of anilines is 2. The van der Waals surface area contributed by atoms with Gasteiger partial charge in [0.05, 0.1) is 24.3 Å². The smallest absolute Gasteiger partial charge is 0.192 e. The molecule has 7 rings (SSSR count). The van der Waals surface area contributed by atoms with Crippen molar-refractivity contribution in [2.24, 2.45) is 0 Å². The van der Waals surface area contributed by atoms with Crippen molar-refractivity contribution in [1.29, 1.82) is 0 Å². The third-order valence-corrected chi connectivity index (χ3v) is 7.88. The Balaban J connectivity index is 1.26. The van der Waals surface area contributed by atoms with Crippen molar-refractivity contribution in [2.75, 3.05) is 16.5 Å². The molecule has 0 saturated carbocycles. The molecule has 0 atom stereocenters. The number of rotatable bonds is 5. The van der Waals surface area contributed by atoms with Crippen LogP contribution in [-0.2, 0) is 5.41 Å². The first kappa shape index (κ1) is 26.4. The van der Waals surface area contributed by atoms with E-state index in [9.17, 15) is 0 Å². The van der Waals surface area contributed by atoms with E-state index in [1.165, 1.54) is 5.56 Å². The van der Waals surface area contributed by atoms with E-state index in [2.05, 4.69) is 107 Å². The maximum Gasteiger partial charge on any atom is 0.192 e. The molecule has 4 aromatic carbocycles. The number of fused-ring (bicyclic) bond motifs is 3. The van der Waals surface area contributed by atoms with E-state index in [-0.39, 0.29) is 5.41 Å². The summed E-state index contributed by atoms with van der Waals surface area (Å²) in [6.07, 6.45) is 5.97. The van der Waals surface area contributed by atoms with Crippen molar-refractivity contribution in [3.63, 3.8) is 0 Å². The highest BCUT2D eigenvalue weighted by atomic mass is 16.5. The standard InChI is InChI=1S/C37H31N5O/c1-37(2,3)26-16-17-39-36(20-26)42-34-13-9-8-12-32(34)33-15-14-30(24-35(33)42)43-31-22-27(38-4)21-29(23-31)41-19-18-40(25-41)28-10-6-5-7-11-28/h5-24H,25H2,1-3H3. The molecule has 0 fully saturated rings. The Morgan fingerprint density at radius 3 is 2.26 bits per heavy atom. The molecule has 6 aromatic rings. The van der Waals surface area contributed by atoms with Crippen LogP contribution in [0.25, 0.3) is 32.5 Å². The molecule has 0 N–H and O–H groups in total. The number of ether oxygens (including phenoxy) is 1. The zero-order chi connectivity index (χ0) is 29.6. The molecule has 0 saturated heterocycles. The second kappa shape index (κ2) is 10.4. The molecule has 2 aromatic heterocycles. The predicted octanol–water partition coefficient (Wildman–Crippen LogP) is 9.57. The van der Waals surface area contributed by atoms with E-state index in [0.29, 0.717) is 23.9 Å². The highest BCUT2D eigenvalue weighted by Gasteiger charge is 2.19. The van der Waals surface area contributed by atoms with Crippen molar-refractivity contribution in [3.05, 3.63) is 139 Å². The van der Waals surface area contributed by atoms with Crippen LogP contribution in [0.2, 0.25) is 0 Å². The second-order valence-electron chi connectivity index (χ2n) is 11.8. The van der Waals surface area contributed by atoms with Gasteiger partial charge in [0.2, 0.25) is 0 Å².